The molecule has 1 unspecified atom stereocenters. The lowest BCUT2D eigenvalue weighted by Crippen LogP contribution is -2.46. The molecule has 0 radical (unpaired) electrons. The van der Waals surface area contributed by atoms with E-state index in [0.717, 1.165) is 12.8 Å². The lowest BCUT2D eigenvalue weighted by Gasteiger charge is -2.34. The predicted molar refractivity (Wildman–Crippen MR) is 67.5 cm³/mol. The summed E-state index contributed by atoms with van der Waals surface area (Å²) >= 11 is 0. The molecule has 3 rings (SSSR count). The number of carbonyl (C=O) groups is 1. The van der Waals surface area contributed by atoms with E-state index >= 15 is 0 Å². The van der Waals surface area contributed by atoms with Gasteiger partial charge in [-0.2, -0.15) is 0 Å². The van der Waals surface area contributed by atoms with Crippen molar-refractivity contribution in [3.63, 3.8) is 0 Å². The Morgan fingerprint density at radius 2 is 1.76 bits per heavy atom. The van der Waals surface area contributed by atoms with E-state index in [2.05, 4.69) is 17.1 Å². The molecule has 3 fully saturated rings. The second-order valence-electron chi connectivity index (χ2n) is 6.11. The molecule has 0 aromatic heterocycles. The third kappa shape index (κ3) is 1.79. The molecule has 1 spiro atoms. The molecular formula is C14H24N2O. The zero-order valence-electron chi connectivity index (χ0n) is 10.9. The van der Waals surface area contributed by atoms with Crippen LogP contribution in [0.5, 0.6) is 0 Å². The Morgan fingerprint density at radius 1 is 1.12 bits per heavy atom. The summed E-state index contributed by atoms with van der Waals surface area (Å²) in [5, 5.41) is 3.60. The summed E-state index contributed by atoms with van der Waals surface area (Å²) in [6.07, 6.45) is 11.2. The van der Waals surface area contributed by atoms with Crippen LogP contribution in [-0.4, -0.2) is 28.6 Å². The highest BCUT2D eigenvalue weighted by atomic mass is 16.2. The van der Waals surface area contributed by atoms with Crippen LogP contribution in [0.2, 0.25) is 0 Å². The molecule has 1 amide bonds. The first kappa shape index (κ1) is 11.5. The van der Waals surface area contributed by atoms with E-state index in [1.807, 2.05) is 0 Å². The lowest BCUT2D eigenvalue weighted by atomic mass is 9.92. The van der Waals surface area contributed by atoms with Gasteiger partial charge in [0.05, 0.1) is 11.7 Å². The van der Waals surface area contributed by atoms with Gasteiger partial charge in [-0.15, -0.1) is 0 Å². The summed E-state index contributed by atoms with van der Waals surface area (Å²) in [4.78, 5) is 14.9. The number of amides is 1. The molecule has 0 aromatic carbocycles. The third-order valence-electron chi connectivity index (χ3n) is 4.97. The van der Waals surface area contributed by atoms with Crippen molar-refractivity contribution in [3.05, 3.63) is 0 Å². The molecular weight excluding hydrogens is 212 g/mol. The van der Waals surface area contributed by atoms with Gasteiger partial charge >= 0.3 is 0 Å². The third-order valence-corrected chi connectivity index (χ3v) is 4.97. The highest BCUT2D eigenvalue weighted by Gasteiger charge is 2.52. The van der Waals surface area contributed by atoms with Crippen molar-refractivity contribution in [2.24, 2.45) is 0 Å². The van der Waals surface area contributed by atoms with Crippen LogP contribution in [0.1, 0.15) is 64.7 Å². The number of rotatable bonds is 1. The lowest BCUT2D eigenvalue weighted by molar-refractivity contribution is -0.135. The predicted octanol–water partition coefficient (Wildman–Crippen LogP) is 2.41. The molecule has 2 aliphatic carbocycles. The smallest absolute Gasteiger partial charge is 0.244 e. The molecule has 1 N–H and O–H groups in total. The van der Waals surface area contributed by atoms with Gasteiger partial charge in [0, 0.05) is 6.04 Å². The van der Waals surface area contributed by atoms with E-state index < -0.39 is 0 Å². The van der Waals surface area contributed by atoms with Gasteiger partial charge in [-0.1, -0.05) is 32.1 Å². The van der Waals surface area contributed by atoms with Crippen molar-refractivity contribution in [1.82, 2.24) is 10.2 Å². The second kappa shape index (κ2) is 4.27. The summed E-state index contributed by atoms with van der Waals surface area (Å²) in [6.45, 7) is 2.17. The van der Waals surface area contributed by atoms with Crippen molar-refractivity contribution >= 4 is 5.91 Å². The summed E-state index contributed by atoms with van der Waals surface area (Å²) in [5.74, 6) is 0.411. The van der Waals surface area contributed by atoms with Gasteiger partial charge in [-0.05, 0) is 32.6 Å². The van der Waals surface area contributed by atoms with Crippen molar-refractivity contribution in [2.45, 2.75) is 82.5 Å². The number of nitrogens with zero attached hydrogens (tertiary/aromatic N) is 1. The maximum absolute atomic E-state index is 12.7. The van der Waals surface area contributed by atoms with Gasteiger partial charge in [0.2, 0.25) is 5.91 Å². The fourth-order valence-electron chi connectivity index (χ4n) is 4.13. The summed E-state index contributed by atoms with van der Waals surface area (Å²) in [6, 6.07) is 0.513. The first-order valence-corrected chi connectivity index (χ1v) is 7.33. The summed E-state index contributed by atoms with van der Waals surface area (Å²) < 4.78 is 0. The minimum Gasteiger partial charge on any atom is -0.323 e. The Bertz CT molecular complexity index is 303. The highest BCUT2D eigenvalue weighted by molar-refractivity contribution is 5.89. The van der Waals surface area contributed by atoms with Crippen LogP contribution in [0.3, 0.4) is 0 Å². The van der Waals surface area contributed by atoms with Gasteiger partial charge in [-0.3, -0.25) is 10.1 Å². The van der Waals surface area contributed by atoms with Gasteiger partial charge in [0.1, 0.15) is 0 Å². The zero-order valence-corrected chi connectivity index (χ0v) is 10.9. The van der Waals surface area contributed by atoms with Crippen LogP contribution in [0, 0.1) is 0 Å². The normalized spacial score (nSPS) is 33.8. The minimum absolute atomic E-state index is 0.170. The van der Waals surface area contributed by atoms with E-state index in [1.165, 1.54) is 44.9 Å². The Hall–Kier alpha value is -0.570. The fourth-order valence-corrected chi connectivity index (χ4v) is 4.13. The highest BCUT2D eigenvalue weighted by Crippen LogP contribution is 2.38. The maximum Gasteiger partial charge on any atom is 0.244 e. The molecule has 1 atom stereocenters. The summed E-state index contributed by atoms with van der Waals surface area (Å²) in [5.41, 5.74) is -0.170. The first-order valence-electron chi connectivity index (χ1n) is 7.33. The average Bonchev–Trinajstić information content (AvgIpc) is 2.88. The van der Waals surface area contributed by atoms with Crippen molar-refractivity contribution in [3.8, 4) is 0 Å². The molecule has 96 valence electrons. The maximum atomic E-state index is 12.7. The molecule has 0 bridgehead atoms. The molecule has 1 aliphatic heterocycles. The Labute approximate surface area is 104 Å². The molecule has 2 saturated carbocycles. The second-order valence-corrected chi connectivity index (χ2v) is 6.11. The quantitative estimate of drug-likeness (QED) is 0.758. The zero-order chi connectivity index (χ0) is 11.9. The number of hydrogen-bond acceptors (Lipinski definition) is 2. The van der Waals surface area contributed by atoms with Gasteiger partial charge in [0.25, 0.3) is 0 Å². The Kier molecular flexibility index (Phi) is 2.89. The van der Waals surface area contributed by atoms with E-state index in [-0.39, 0.29) is 11.7 Å². The standard InChI is InChI=1S/C14H24N2O/c1-11-15-14(9-5-6-10-14)13(17)16(11)12-7-3-2-4-8-12/h11-12,15H,2-10H2,1H3. The van der Waals surface area contributed by atoms with E-state index in [4.69, 9.17) is 0 Å². The van der Waals surface area contributed by atoms with Crippen molar-refractivity contribution < 1.29 is 4.79 Å². The number of nitrogens with one attached hydrogen (secondary N) is 1. The topological polar surface area (TPSA) is 32.3 Å². The molecule has 3 heteroatoms. The molecule has 3 nitrogen and oxygen atoms in total. The first-order chi connectivity index (χ1) is 8.23. The van der Waals surface area contributed by atoms with Crippen LogP contribution in [0.25, 0.3) is 0 Å². The molecule has 17 heavy (non-hydrogen) atoms. The SMILES string of the molecule is CC1NC2(CCCC2)C(=O)N1C1CCCCC1. The van der Waals surface area contributed by atoms with E-state index in [9.17, 15) is 4.79 Å². The number of hydrogen-bond donors (Lipinski definition) is 1. The summed E-state index contributed by atoms with van der Waals surface area (Å²) in [7, 11) is 0. The van der Waals surface area contributed by atoms with Crippen molar-refractivity contribution in [1.29, 1.82) is 0 Å². The Morgan fingerprint density at radius 3 is 2.41 bits per heavy atom. The van der Waals surface area contributed by atoms with Crippen molar-refractivity contribution in [2.75, 3.05) is 0 Å². The van der Waals surface area contributed by atoms with Crippen LogP contribution < -0.4 is 5.32 Å². The Balaban J connectivity index is 1.78. The van der Waals surface area contributed by atoms with Crippen LogP contribution in [0.4, 0.5) is 0 Å². The van der Waals surface area contributed by atoms with Crippen LogP contribution in [-0.2, 0) is 4.79 Å². The molecule has 1 saturated heterocycles. The largest absolute Gasteiger partial charge is 0.323 e. The molecule has 1 heterocycles. The van der Waals surface area contributed by atoms with Gasteiger partial charge < -0.3 is 4.90 Å². The van der Waals surface area contributed by atoms with E-state index in [0.29, 0.717) is 11.9 Å². The average molecular weight is 236 g/mol. The van der Waals surface area contributed by atoms with Crippen LogP contribution >= 0.6 is 0 Å². The van der Waals surface area contributed by atoms with Gasteiger partial charge in [-0.25, -0.2) is 0 Å². The van der Waals surface area contributed by atoms with E-state index in [1.54, 1.807) is 0 Å². The molecule has 3 aliphatic rings. The van der Waals surface area contributed by atoms with Gasteiger partial charge in [0.15, 0.2) is 0 Å². The monoisotopic (exact) mass is 236 g/mol. The number of carbonyl (C=O) groups excluding carboxylic acids is 1. The van der Waals surface area contributed by atoms with Crippen LogP contribution in [0.15, 0.2) is 0 Å². The minimum atomic E-state index is -0.170. The fraction of sp³-hybridized carbons (Fsp3) is 0.929. The molecule has 0 aromatic rings.